The summed E-state index contributed by atoms with van der Waals surface area (Å²) in [4.78, 5) is 7.73. The molecule has 0 radical (unpaired) electrons. The van der Waals surface area contributed by atoms with E-state index in [1.807, 2.05) is 13.8 Å². The number of nitrogens with zero attached hydrogens (tertiary/aromatic N) is 2. The normalized spacial score (nSPS) is 12.5. The smallest absolute Gasteiger partial charge is 0.224 e. The first-order valence-electron chi connectivity index (χ1n) is 4.77. The highest BCUT2D eigenvalue weighted by Crippen LogP contribution is 2.15. The first kappa shape index (κ1) is 12.0. The number of nitrogens with one attached hydrogen (secondary N) is 1. The predicted molar refractivity (Wildman–Crippen MR) is 61.0 cm³/mol. The molecule has 1 aromatic heterocycles. The Morgan fingerprint density at radius 1 is 1.67 bits per heavy atom. The lowest BCUT2D eigenvalue weighted by Gasteiger charge is -2.13. The first-order valence-corrected chi connectivity index (χ1v) is 5.14. The second-order valence-electron chi connectivity index (χ2n) is 3.09. The van der Waals surface area contributed by atoms with Gasteiger partial charge < -0.3 is 15.8 Å². The van der Waals surface area contributed by atoms with Crippen molar-refractivity contribution in [3.63, 3.8) is 0 Å². The van der Waals surface area contributed by atoms with Gasteiger partial charge in [0.25, 0.3) is 0 Å². The number of hydrogen-bond donors (Lipinski definition) is 2. The number of halogens is 1. The highest BCUT2D eigenvalue weighted by Gasteiger charge is 2.05. The summed E-state index contributed by atoms with van der Waals surface area (Å²) >= 11 is 5.64. The molecule has 1 rings (SSSR count). The van der Waals surface area contributed by atoms with Gasteiger partial charge in [-0.25, -0.2) is 4.98 Å². The molecular weight excluding hydrogens is 216 g/mol. The van der Waals surface area contributed by atoms with Gasteiger partial charge in [0.1, 0.15) is 0 Å². The molecule has 0 aromatic carbocycles. The lowest BCUT2D eigenvalue weighted by molar-refractivity contribution is 0.0855. The zero-order valence-corrected chi connectivity index (χ0v) is 9.58. The van der Waals surface area contributed by atoms with Crippen LogP contribution in [0.2, 0.25) is 5.28 Å². The number of aromatic nitrogens is 2. The zero-order valence-electron chi connectivity index (χ0n) is 8.83. The van der Waals surface area contributed by atoms with Crippen molar-refractivity contribution in [1.29, 1.82) is 0 Å². The minimum atomic E-state index is 0.100. The van der Waals surface area contributed by atoms with Crippen molar-refractivity contribution in [2.45, 2.75) is 20.0 Å². The Balaban J connectivity index is 2.53. The van der Waals surface area contributed by atoms with E-state index in [0.29, 0.717) is 24.7 Å². The van der Waals surface area contributed by atoms with E-state index in [2.05, 4.69) is 15.3 Å². The molecule has 1 heterocycles. The molecule has 0 amide bonds. The molecule has 15 heavy (non-hydrogen) atoms. The minimum Gasteiger partial charge on any atom is -0.394 e. The van der Waals surface area contributed by atoms with Crippen LogP contribution in [-0.4, -0.2) is 29.2 Å². The highest BCUT2D eigenvalue weighted by atomic mass is 35.5. The van der Waals surface area contributed by atoms with Crippen molar-refractivity contribution >= 4 is 23.1 Å². The summed E-state index contributed by atoms with van der Waals surface area (Å²) in [6.07, 6.45) is 1.58. The quantitative estimate of drug-likeness (QED) is 0.751. The Morgan fingerprint density at radius 2 is 2.40 bits per heavy atom. The summed E-state index contributed by atoms with van der Waals surface area (Å²) in [5, 5.41) is 3.23. The van der Waals surface area contributed by atoms with Crippen molar-refractivity contribution < 1.29 is 4.74 Å². The molecule has 0 fully saturated rings. The topological polar surface area (TPSA) is 73.1 Å². The molecule has 0 saturated carbocycles. The second-order valence-corrected chi connectivity index (χ2v) is 3.43. The van der Waals surface area contributed by atoms with Crippen LogP contribution in [0.3, 0.4) is 0 Å². The maximum absolute atomic E-state index is 5.66. The molecule has 3 N–H and O–H groups in total. The molecule has 0 saturated heterocycles. The average molecular weight is 231 g/mol. The van der Waals surface area contributed by atoms with Crippen molar-refractivity contribution in [2.24, 2.45) is 0 Å². The number of rotatable bonds is 5. The van der Waals surface area contributed by atoms with Gasteiger partial charge in [-0.15, -0.1) is 0 Å². The summed E-state index contributed by atoms with van der Waals surface area (Å²) in [5.41, 5.74) is 6.14. The summed E-state index contributed by atoms with van der Waals surface area (Å²) in [6, 6.07) is 0. The molecule has 0 aliphatic rings. The maximum Gasteiger partial charge on any atom is 0.224 e. The molecule has 1 unspecified atom stereocenters. The molecule has 1 atom stereocenters. The molecule has 0 aliphatic carbocycles. The van der Waals surface area contributed by atoms with E-state index in [9.17, 15) is 0 Å². The van der Waals surface area contributed by atoms with Gasteiger partial charge in [-0.1, -0.05) is 0 Å². The summed E-state index contributed by atoms with van der Waals surface area (Å²) in [7, 11) is 0. The lowest BCUT2D eigenvalue weighted by atomic mass is 10.4. The van der Waals surface area contributed by atoms with Crippen molar-refractivity contribution in [1.82, 2.24) is 9.97 Å². The maximum atomic E-state index is 5.66. The van der Waals surface area contributed by atoms with Crippen molar-refractivity contribution in [3.8, 4) is 0 Å². The Labute approximate surface area is 94.0 Å². The van der Waals surface area contributed by atoms with Crippen LogP contribution in [0, 0.1) is 0 Å². The lowest BCUT2D eigenvalue weighted by Crippen LogP contribution is -2.20. The third-order valence-electron chi connectivity index (χ3n) is 1.80. The van der Waals surface area contributed by atoms with Gasteiger partial charge in [0.15, 0.2) is 5.82 Å². The molecule has 0 aliphatic heterocycles. The summed E-state index contributed by atoms with van der Waals surface area (Å²) in [6.45, 7) is 5.23. The Bertz CT molecular complexity index is 321. The van der Waals surface area contributed by atoms with Gasteiger partial charge in [0.2, 0.25) is 5.28 Å². The van der Waals surface area contributed by atoms with Crippen LogP contribution in [0.5, 0.6) is 0 Å². The third-order valence-corrected chi connectivity index (χ3v) is 1.98. The van der Waals surface area contributed by atoms with Crippen LogP contribution in [-0.2, 0) is 4.74 Å². The number of nitrogens with two attached hydrogens (primary N) is 1. The van der Waals surface area contributed by atoms with Gasteiger partial charge in [0.05, 0.1) is 18.0 Å². The molecule has 0 bridgehead atoms. The van der Waals surface area contributed by atoms with Crippen molar-refractivity contribution in [2.75, 3.05) is 24.2 Å². The zero-order chi connectivity index (χ0) is 11.3. The van der Waals surface area contributed by atoms with Crippen molar-refractivity contribution in [3.05, 3.63) is 11.5 Å². The molecule has 0 spiro atoms. The fourth-order valence-corrected chi connectivity index (χ4v) is 1.23. The van der Waals surface area contributed by atoms with Gasteiger partial charge in [-0.2, -0.15) is 4.98 Å². The van der Waals surface area contributed by atoms with E-state index in [-0.39, 0.29) is 11.4 Å². The number of hydrogen-bond acceptors (Lipinski definition) is 5. The molecule has 1 aromatic rings. The van der Waals surface area contributed by atoms with E-state index in [1.165, 1.54) is 6.20 Å². The van der Waals surface area contributed by atoms with Crippen LogP contribution >= 0.6 is 11.6 Å². The number of anilines is 2. The second kappa shape index (κ2) is 5.72. The molecule has 84 valence electrons. The van der Waals surface area contributed by atoms with Gasteiger partial charge in [-0.05, 0) is 25.4 Å². The summed E-state index contributed by atoms with van der Waals surface area (Å²) < 4.78 is 5.35. The monoisotopic (exact) mass is 230 g/mol. The van der Waals surface area contributed by atoms with Crippen LogP contribution in [0.1, 0.15) is 13.8 Å². The summed E-state index contributed by atoms with van der Waals surface area (Å²) in [5.74, 6) is 0.543. The Morgan fingerprint density at radius 3 is 3.07 bits per heavy atom. The fraction of sp³-hybridized carbons (Fsp3) is 0.556. The largest absolute Gasteiger partial charge is 0.394 e. The Kier molecular flexibility index (Phi) is 4.58. The van der Waals surface area contributed by atoms with Crippen LogP contribution in [0.4, 0.5) is 11.5 Å². The predicted octanol–water partition coefficient (Wildman–Crippen LogP) is 1.55. The number of ether oxygens (including phenoxy) is 1. The van der Waals surface area contributed by atoms with Gasteiger partial charge >= 0.3 is 0 Å². The molecule has 5 nitrogen and oxygen atoms in total. The van der Waals surface area contributed by atoms with Crippen LogP contribution in [0.15, 0.2) is 6.20 Å². The first-order chi connectivity index (χ1) is 7.13. The third kappa shape index (κ3) is 3.89. The van der Waals surface area contributed by atoms with Crippen LogP contribution in [0.25, 0.3) is 0 Å². The fourth-order valence-electron chi connectivity index (χ4n) is 1.10. The van der Waals surface area contributed by atoms with E-state index in [4.69, 9.17) is 22.1 Å². The van der Waals surface area contributed by atoms with Gasteiger partial charge in [0, 0.05) is 13.2 Å². The van der Waals surface area contributed by atoms with E-state index < -0.39 is 0 Å². The Hall–Kier alpha value is -1.07. The van der Waals surface area contributed by atoms with Crippen LogP contribution < -0.4 is 11.1 Å². The minimum absolute atomic E-state index is 0.100. The molecular formula is C9H15ClN4O. The number of nitrogen functional groups attached to an aromatic ring is 1. The average Bonchev–Trinajstić information content (AvgIpc) is 2.20. The standard InChI is InChI=1S/C9H15ClN4O/c1-3-15-6(2)4-12-8-7(11)5-13-9(10)14-8/h5-6H,3-4,11H2,1-2H3,(H,12,13,14). The van der Waals surface area contributed by atoms with E-state index in [1.54, 1.807) is 0 Å². The highest BCUT2D eigenvalue weighted by molar-refractivity contribution is 6.28. The SMILES string of the molecule is CCOC(C)CNc1nc(Cl)ncc1N. The van der Waals surface area contributed by atoms with E-state index >= 15 is 0 Å². The molecule has 6 heteroatoms. The van der Waals surface area contributed by atoms with Gasteiger partial charge in [-0.3, -0.25) is 0 Å². The van der Waals surface area contributed by atoms with E-state index in [0.717, 1.165) is 0 Å².